The number of aliphatic hydroxyl groups is 1. The van der Waals surface area contributed by atoms with E-state index in [2.05, 4.69) is 4.72 Å². The van der Waals surface area contributed by atoms with Crippen molar-refractivity contribution in [3.8, 4) is 5.75 Å². The lowest BCUT2D eigenvalue weighted by Crippen LogP contribution is -2.38. The van der Waals surface area contributed by atoms with Gasteiger partial charge in [-0.1, -0.05) is 6.07 Å². The minimum absolute atomic E-state index is 0.0976. The number of hydrogen-bond donors (Lipinski definition) is 2. The molecule has 0 amide bonds. The molecule has 2 N–H and O–H groups in total. The summed E-state index contributed by atoms with van der Waals surface area (Å²) in [5.74, 6) is 0.516. The van der Waals surface area contributed by atoms with Crippen molar-refractivity contribution >= 4 is 10.0 Å². The van der Waals surface area contributed by atoms with Crippen molar-refractivity contribution in [2.75, 3.05) is 7.11 Å². The van der Waals surface area contributed by atoms with Gasteiger partial charge in [0.2, 0.25) is 10.0 Å². The Morgan fingerprint density at radius 2 is 1.95 bits per heavy atom. The number of rotatable bonds is 4. The van der Waals surface area contributed by atoms with Crippen molar-refractivity contribution in [3.05, 3.63) is 24.3 Å². The molecule has 1 aliphatic carbocycles. The SMILES string of the molecule is COc1cccc(S(=O)(=O)NC2CCC(O)CC2)c1. The van der Waals surface area contributed by atoms with Gasteiger partial charge in [-0.2, -0.15) is 0 Å². The highest BCUT2D eigenvalue weighted by Crippen LogP contribution is 2.22. The monoisotopic (exact) mass is 285 g/mol. The van der Waals surface area contributed by atoms with Crippen LogP contribution in [0.15, 0.2) is 29.2 Å². The van der Waals surface area contributed by atoms with Gasteiger partial charge in [0.25, 0.3) is 0 Å². The van der Waals surface area contributed by atoms with E-state index in [0.717, 1.165) is 0 Å². The zero-order chi connectivity index (χ0) is 13.9. The molecule has 1 saturated carbocycles. The molecule has 0 aromatic heterocycles. The second kappa shape index (κ2) is 5.90. The van der Waals surface area contributed by atoms with Crippen LogP contribution >= 0.6 is 0 Å². The van der Waals surface area contributed by atoms with Crippen LogP contribution in [0.3, 0.4) is 0 Å². The van der Waals surface area contributed by atoms with E-state index in [1.165, 1.54) is 13.2 Å². The predicted molar refractivity (Wildman–Crippen MR) is 71.6 cm³/mol. The highest BCUT2D eigenvalue weighted by molar-refractivity contribution is 7.89. The van der Waals surface area contributed by atoms with Gasteiger partial charge < -0.3 is 9.84 Å². The molecular formula is C13H19NO4S. The molecule has 19 heavy (non-hydrogen) atoms. The van der Waals surface area contributed by atoms with Crippen LogP contribution in [0.5, 0.6) is 5.75 Å². The van der Waals surface area contributed by atoms with Gasteiger partial charge in [-0.05, 0) is 37.8 Å². The first-order valence-electron chi connectivity index (χ1n) is 6.36. The zero-order valence-electron chi connectivity index (χ0n) is 10.9. The summed E-state index contributed by atoms with van der Waals surface area (Å²) in [7, 11) is -2.02. The van der Waals surface area contributed by atoms with E-state index in [-0.39, 0.29) is 17.0 Å². The third kappa shape index (κ3) is 3.68. The molecule has 0 aliphatic heterocycles. The molecular weight excluding hydrogens is 266 g/mol. The Kier molecular flexibility index (Phi) is 4.44. The lowest BCUT2D eigenvalue weighted by molar-refractivity contribution is 0.120. The average Bonchev–Trinajstić information content (AvgIpc) is 2.41. The van der Waals surface area contributed by atoms with Gasteiger partial charge in [-0.25, -0.2) is 13.1 Å². The fraction of sp³-hybridized carbons (Fsp3) is 0.538. The van der Waals surface area contributed by atoms with Gasteiger partial charge in [0, 0.05) is 12.1 Å². The lowest BCUT2D eigenvalue weighted by atomic mass is 9.94. The molecule has 1 aromatic carbocycles. The van der Waals surface area contributed by atoms with Crippen LogP contribution in [-0.4, -0.2) is 32.8 Å². The van der Waals surface area contributed by atoms with Crippen LogP contribution in [0.4, 0.5) is 0 Å². The molecule has 1 aliphatic rings. The summed E-state index contributed by atoms with van der Waals surface area (Å²) in [6.45, 7) is 0. The summed E-state index contributed by atoms with van der Waals surface area (Å²) in [5, 5.41) is 9.42. The molecule has 6 heteroatoms. The molecule has 0 heterocycles. The molecule has 1 aromatic rings. The third-order valence-electron chi connectivity index (χ3n) is 3.37. The van der Waals surface area contributed by atoms with Crippen molar-refractivity contribution in [1.82, 2.24) is 4.72 Å². The van der Waals surface area contributed by atoms with E-state index in [1.54, 1.807) is 18.2 Å². The normalized spacial score (nSPS) is 24.1. The number of nitrogens with one attached hydrogen (secondary N) is 1. The summed E-state index contributed by atoms with van der Waals surface area (Å²) < 4.78 is 32.2. The predicted octanol–water partition coefficient (Wildman–Crippen LogP) is 1.28. The average molecular weight is 285 g/mol. The molecule has 0 spiro atoms. The fourth-order valence-corrected chi connectivity index (χ4v) is 3.59. The number of methoxy groups -OCH3 is 1. The second-order valence-corrected chi connectivity index (χ2v) is 6.52. The molecule has 2 rings (SSSR count). The van der Waals surface area contributed by atoms with Gasteiger partial charge >= 0.3 is 0 Å². The van der Waals surface area contributed by atoms with Crippen molar-refractivity contribution in [3.63, 3.8) is 0 Å². The highest BCUT2D eigenvalue weighted by Gasteiger charge is 2.24. The summed E-state index contributed by atoms with van der Waals surface area (Å²) in [6, 6.07) is 6.30. The lowest BCUT2D eigenvalue weighted by Gasteiger charge is -2.26. The molecule has 106 valence electrons. The summed E-state index contributed by atoms with van der Waals surface area (Å²) in [4.78, 5) is 0.206. The van der Waals surface area contributed by atoms with E-state index in [4.69, 9.17) is 4.74 Å². The Balaban J connectivity index is 2.09. The van der Waals surface area contributed by atoms with E-state index in [0.29, 0.717) is 31.4 Å². The van der Waals surface area contributed by atoms with Crippen molar-refractivity contribution < 1.29 is 18.3 Å². The van der Waals surface area contributed by atoms with Crippen molar-refractivity contribution in [2.24, 2.45) is 0 Å². The molecule has 0 atom stereocenters. The zero-order valence-corrected chi connectivity index (χ0v) is 11.7. The van der Waals surface area contributed by atoms with Gasteiger partial charge in [-0.3, -0.25) is 0 Å². The van der Waals surface area contributed by atoms with Crippen molar-refractivity contribution in [1.29, 1.82) is 0 Å². The minimum atomic E-state index is -3.52. The van der Waals surface area contributed by atoms with Gasteiger partial charge in [-0.15, -0.1) is 0 Å². The van der Waals surface area contributed by atoms with Crippen LogP contribution in [-0.2, 0) is 10.0 Å². The smallest absolute Gasteiger partial charge is 0.240 e. The Morgan fingerprint density at radius 3 is 2.58 bits per heavy atom. The first-order chi connectivity index (χ1) is 9.01. The quantitative estimate of drug-likeness (QED) is 0.873. The Bertz CT molecular complexity index is 521. The summed E-state index contributed by atoms with van der Waals surface area (Å²) in [6.07, 6.45) is 2.34. The number of sulfonamides is 1. The highest BCUT2D eigenvalue weighted by atomic mass is 32.2. The maximum atomic E-state index is 12.2. The molecule has 5 nitrogen and oxygen atoms in total. The first kappa shape index (κ1) is 14.3. The largest absolute Gasteiger partial charge is 0.497 e. The van der Waals surface area contributed by atoms with Crippen LogP contribution in [0.2, 0.25) is 0 Å². The summed E-state index contributed by atoms with van der Waals surface area (Å²) >= 11 is 0. The van der Waals surface area contributed by atoms with Gasteiger partial charge in [0.15, 0.2) is 0 Å². The number of benzene rings is 1. The van der Waals surface area contributed by atoms with E-state index < -0.39 is 10.0 Å². The first-order valence-corrected chi connectivity index (χ1v) is 7.84. The topological polar surface area (TPSA) is 75.6 Å². The summed E-state index contributed by atoms with van der Waals surface area (Å²) in [5.41, 5.74) is 0. The third-order valence-corrected chi connectivity index (χ3v) is 4.89. The van der Waals surface area contributed by atoms with Crippen LogP contribution in [0.1, 0.15) is 25.7 Å². The Morgan fingerprint density at radius 1 is 1.26 bits per heavy atom. The molecule has 0 radical (unpaired) electrons. The molecule has 0 unspecified atom stereocenters. The van der Waals surface area contributed by atoms with Gasteiger partial charge in [0.05, 0.1) is 18.1 Å². The van der Waals surface area contributed by atoms with E-state index >= 15 is 0 Å². The number of hydrogen-bond acceptors (Lipinski definition) is 4. The van der Waals surface area contributed by atoms with Crippen LogP contribution in [0.25, 0.3) is 0 Å². The second-order valence-electron chi connectivity index (χ2n) is 4.81. The Hall–Kier alpha value is -1.11. The van der Waals surface area contributed by atoms with Crippen LogP contribution in [0, 0.1) is 0 Å². The van der Waals surface area contributed by atoms with Crippen molar-refractivity contribution in [2.45, 2.75) is 42.7 Å². The molecule has 0 bridgehead atoms. The molecule has 0 saturated heterocycles. The molecule has 1 fully saturated rings. The Labute approximate surface area is 113 Å². The maximum absolute atomic E-state index is 12.2. The number of aliphatic hydroxyl groups excluding tert-OH is 1. The number of ether oxygens (including phenoxy) is 1. The fourth-order valence-electron chi connectivity index (χ4n) is 2.25. The van der Waals surface area contributed by atoms with Crippen LogP contribution < -0.4 is 9.46 Å². The maximum Gasteiger partial charge on any atom is 0.240 e. The standard InChI is InChI=1S/C13H19NO4S/c1-18-12-3-2-4-13(9-12)19(16,17)14-10-5-7-11(15)8-6-10/h2-4,9-11,14-15H,5-8H2,1H3. The van der Waals surface area contributed by atoms with E-state index in [9.17, 15) is 13.5 Å². The minimum Gasteiger partial charge on any atom is -0.497 e. The van der Waals surface area contributed by atoms with Gasteiger partial charge in [0.1, 0.15) is 5.75 Å². The van der Waals surface area contributed by atoms with E-state index in [1.807, 2.05) is 0 Å².